The van der Waals surface area contributed by atoms with Crippen molar-refractivity contribution >= 4 is 17.5 Å². The van der Waals surface area contributed by atoms with Crippen LogP contribution in [0.25, 0.3) is 0 Å². The second kappa shape index (κ2) is 6.08. The highest BCUT2D eigenvalue weighted by Crippen LogP contribution is 2.32. The summed E-state index contributed by atoms with van der Waals surface area (Å²) in [5.41, 5.74) is 0.219. The average Bonchev–Trinajstić information content (AvgIpc) is 2.43. The molecule has 1 aliphatic rings. The third kappa shape index (κ3) is 3.57. The number of carbonyl (C=O) groups is 2. The van der Waals surface area contributed by atoms with Crippen LogP contribution < -0.4 is 10.1 Å². The average molecular weight is 314 g/mol. The number of nitrogens with one attached hydrogen (secondary N) is 1. The smallest absolute Gasteiger partial charge is 0.406 e. The number of fused-ring (bicyclic) bond motifs is 1. The molecular weight excluding hydrogens is 301 g/mol. The number of carbonyl (C=O) groups excluding carboxylic acids is 2. The molecule has 5 nitrogen and oxygen atoms in total. The van der Waals surface area contributed by atoms with Crippen molar-refractivity contribution in [1.82, 2.24) is 4.90 Å². The van der Waals surface area contributed by atoms with Gasteiger partial charge in [-0.05, 0) is 12.1 Å². The molecule has 0 bridgehead atoms. The summed E-state index contributed by atoms with van der Waals surface area (Å²) in [5, 5.41) is 2.50. The Hall–Kier alpha value is -2.51. The van der Waals surface area contributed by atoms with E-state index in [0.717, 1.165) is 0 Å². The van der Waals surface area contributed by atoms with Gasteiger partial charge < -0.3 is 15.0 Å². The molecule has 118 valence electrons. The van der Waals surface area contributed by atoms with Crippen LogP contribution in [0.4, 0.5) is 18.9 Å². The van der Waals surface area contributed by atoms with Gasteiger partial charge in [0.25, 0.3) is 11.8 Å². The van der Waals surface area contributed by atoms with Crippen LogP contribution in [0.15, 0.2) is 30.9 Å². The molecule has 1 aromatic rings. The lowest BCUT2D eigenvalue weighted by molar-refractivity contribution is -0.139. The van der Waals surface area contributed by atoms with Gasteiger partial charge in [-0.3, -0.25) is 9.59 Å². The van der Waals surface area contributed by atoms with Crippen LogP contribution in [0.5, 0.6) is 5.75 Å². The van der Waals surface area contributed by atoms with Crippen molar-refractivity contribution in [3.05, 3.63) is 36.4 Å². The summed E-state index contributed by atoms with van der Waals surface area (Å²) in [6.07, 6.45) is -3.32. The summed E-state index contributed by atoms with van der Waals surface area (Å²) < 4.78 is 42.9. The van der Waals surface area contributed by atoms with E-state index < -0.39 is 24.5 Å². The maximum absolute atomic E-state index is 12.6. The first kappa shape index (κ1) is 15.9. The van der Waals surface area contributed by atoms with E-state index in [9.17, 15) is 22.8 Å². The number of anilines is 1. The van der Waals surface area contributed by atoms with Crippen molar-refractivity contribution in [3.63, 3.8) is 0 Å². The normalized spacial score (nSPS) is 13.7. The molecule has 0 aromatic heterocycles. The second-order valence-corrected chi connectivity index (χ2v) is 4.61. The number of ether oxygens (including phenoxy) is 1. The molecule has 1 aliphatic heterocycles. The molecule has 0 fully saturated rings. The van der Waals surface area contributed by atoms with Crippen LogP contribution in [0.3, 0.4) is 0 Å². The van der Waals surface area contributed by atoms with Gasteiger partial charge in [0.05, 0.1) is 11.3 Å². The highest BCUT2D eigenvalue weighted by atomic mass is 19.4. The Morgan fingerprint density at radius 1 is 1.45 bits per heavy atom. The molecule has 8 heteroatoms. The van der Waals surface area contributed by atoms with E-state index in [0.29, 0.717) is 4.90 Å². The highest BCUT2D eigenvalue weighted by molar-refractivity contribution is 6.03. The fourth-order valence-corrected chi connectivity index (χ4v) is 2.05. The molecule has 0 unspecified atom stereocenters. The number of para-hydroxylation sites is 1. The molecule has 0 atom stereocenters. The molecule has 1 aromatic carbocycles. The summed E-state index contributed by atoms with van der Waals surface area (Å²) in [4.78, 5) is 24.2. The van der Waals surface area contributed by atoms with Crippen molar-refractivity contribution in [2.75, 3.05) is 25.0 Å². The maximum atomic E-state index is 12.6. The van der Waals surface area contributed by atoms with E-state index in [1.807, 2.05) is 0 Å². The number of rotatable bonds is 4. The number of halogens is 3. The van der Waals surface area contributed by atoms with Gasteiger partial charge in [0.1, 0.15) is 6.54 Å². The van der Waals surface area contributed by atoms with Gasteiger partial charge >= 0.3 is 6.18 Å². The Bertz CT molecular complexity index is 614. The van der Waals surface area contributed by atoms with Gasteiger partial charge in [0.15, 0.2) is 12.4 Å². The lowest BCUT2D eigenvalue weighted by atomic mass is 10.1. The van der Waals surface area contributed by atoms with Gasteiger partial charge in [-0.1, -0.05) is 12.1 Å². The fourth-order valence-electron chi connectivity index (χ4n) is 2.05. The topological polar surface area (TPSA) is 58.6 Å². The Morgan fingerprint density at radius 2 is 2.18 bits per heavy atom. The Kier molecular flexibility index (Phi) is 4.39. The molecule has 0 saturated heterocycles. The van der Waals surface area contributed by atoms with Crippen LogP contribution in [0.1, 0.15) is 10.4 Å². The number of nitrogens with zero attached hydrogens (tertiary/aromatic N) is 1. The quantitative estimate of drug-likeness (QED) is 0.867. The van der Waals surface area contributed by atoms with Crippen LogP contribution in [0, 0.1) is 0 Å². The van der Waals surface area contributed by atoms with Gasteiger partial charge in [-0.2, -0.15) is 13.2 Å². The van der Waals surface area contributed by atoms with Gasteiger partial charge in [-0.15, -0.1) is 6.58 Å². The van der Waals surface area contributed by atoms with E-state index in [1.165, 1.54) is 24.3 Å². The number of benzene rings is 1. The minimum atomic E-state index is -4.53. The molecular formula is C14H13F3N2O3. The van der Waals surface area contributed by atoms with Gasteiger partial charge in [0.2, 0.25) is 0 Å². The lowest BCUT2D eigenvalue weighted by Crippen LogP contribution is -2.39. The third-order valence-electron chi connectivity index (χ3n) is 2.87. The van der Waals surface area contributed by atoms with E-state index in [-0.39, 0.29) is 30.2 Å². The van der Waals surface area contributed by atoms with Gasteiger partial charge in [-0.25, -0.2) is 0 Å². The monoisotopic (exact) mass is 314 g/mol. The van der Waals surface area contributed by atoms with E-state index in [2.05, 4.69) is 11.9 Å². The zero-order valence-electron chi connectivity index (χ0n) is 11.4. The van der Waals surface area contributed by atoms with Crippen LogP contribution in [-0.4, -0.2) is 42.6 Å². The van der Waals surface area contributed by atoms with Crippen molar-refractivity contribution in [2.45, 2.75) is 6.18 Å². The van der Waals surface area contributed by atoms with Crippen LogP contribution in [-0.2, 0) is 4.79 Å². The van der Waals surface area contributed by atoms with Crippen LogP contribution in [0.2, 0.25) is 0 Å². The number of hydrogen-bond acceptors (Lipinski definition) is 3. The molecule has 2 amide bonds. The fraction of sp³-hybridized carbons (Fsp3) is 0.286. The number of amides is 2. The SMILES string of the molecule is C=CCN(CC(F)(F)F)C(=O)c1cccc2c1OCC(=O)N2. The first-order chi connectivity index (χ1) is 10.3. The number of hydrogen-bond donors (Lipinski definition) is 1. The summed E-state index contributed by atoms with van der Waals surface area (Å²) in [6.45, 7) is 1.41. The highest BCUT2D eigenvalue weighted by Gasteiger charge is 2.34. The van der Waals surface area contributed by atoms with Crippen molar-refractivity contribution in [2.24, 2.45) is 0 Å². The second-order valence-electron chi connectivity index (χ2n) is 4.61. The molecule has 0 saturated carbocycles. The third-order valence-corrected chi connectivity index (χ3v) is 2.87. The van der Waals surface area contributed by atoms with E-state index in [1.54, 1.807) is 0 Å². The summed E-state index contributed by atoms with van der Waals surface area (Å²) in [7, 11) is 0. The predicted octanol–water partition coefficient (Wildman–Crippen LogP) is 2.21. The van der Waals surface area contributed by atoms with Crippen molar-refractivity contribution < 1.29 is 27.5 Å². The van der Waals surface area contributed by atoms with E-state index in [4.69, 9.17) is 4.74 Å². The molecule has 0 radical (unpaired) electrons. The Morgan fingerprint density at radius 3 is 2.82 bits per heavy atom. The minimum Gasteiger partial charge on any atom is -0.481 e. The standard InChI is InChI=1S/C14H13F3N2O3/c1-2-6-19(8-14(15,16)17)13(21)9-4-3-5-10-12(9)22-7-11(20)18-10/h2-5H,1,6-8H2,(H,18,20). The Labute approximate surface area is 124 Å². The summed E-state index contributed by atoms with van der Waals surface area (Å²) in [6, 6.07) is 4.32. The lowest BCUT2D eigenvalue weighted by Gasteiger charge is -2.25. The van der Waals surface area contributed by atoms with E-state index >= 15 is 0 Å². The first-order valence-electron chi connectivity index (χ1n) is 6.34. The first-order valence-corrected chi connectivity index (χ1v) is 6.34. The Balaban J connectivity index is 2.33. The zero-order chi connectivity index (χ0) is 16.3. The molecule has 1 N–H and O–H groups in total. The molecule has 1 heterocycles. The maximum Gasteiger partial charge on any atom is 0.406 e. The van der Waals surface area contributed by atoms with Crippen LogP contribution >= 0.6 is 0 Å². The molecule has 2 rings (SSSR count). The summed E-state index contributed by atoms with van der Waals surface area (Å²) in [5.74, 6) is -1.16. The van der Waals surface area contributed by atoms with Crippen molar-refractivity contribution in [1.29, 1.82) is 0 Å². The molecule has 0 aliphatic carbocycles. The van der Waals surface area contributed by atoms with Crippen molar-refractivity contribution in [3.8, 4) is 5.75 Å². The number of alkyl halides is 3. The predicted molar refractivity (Wildman–Crippen MR) is 72.7 cm³/mol. The van der Waals surface area contributed by atoms with Gasteiger partial charge in [0, 0.05) is 6.54 Å². The minimum absolute atomic E-state index is 0.0383. The molecule has 22 heavy (non-hydrogen) atoms. The summed E-state index contributed by atoms with van der Waals surface area (Å²) >= 11 is 0. The molecule has 0 spiro atoms. The largest absolute Gasteiger partial charge is 0.481 e. The zero-order valence-corrected chi connectivity index (χ0v) is 11.4.